The third-order valence-electron chi connectivity index (χ3n) is 6.07. The quantitative estimate of drug-likeness (QED) is 0.291. The first-order valence-electron chi connectivity index (χ1n) is 12.0. The Morgan fingerprint density at radius 3 is 2.46 bits per heavy atom. The smallest absolute Gasteiger partial charge is 0.313 e. The number of urea groups is 1. The molecular formula is C28H29BrFN5O2. The second kappa shape index (κ2) is 11.7. The Labute approximate surface area is 223 Å². The lowest BCUT2D eigenvalue weighted by atomic mass is 10.1. The van der Waals surface area contributed by atoms with Crippen molar-refractivity contribution in [3.63, 3.8) is 0 Å². The number of amides is 2. The number of likely N-dealkylation sites (N-methyl/N-ethyl adjacent to an activating group) is 1. The first-order valence-corrected chi connectivity index (χ1v) is 12.8. The van der Waals surface area contributed by atoms with Gasteiger partial charge in [-0.25, -0.2) is 14.2 Å². The van der Waals surface area contributed by atoms with Crippen LogP contribution in [0.15, 0.2) is 82.1 Å². The number of benzene rings is 3. The first-order chi connectivity index (χ1) is 17.8. The molecule has 1 aromatic heterocycles. The molecule has 1 atom stereocenters. The lowest BCUT2D eigenvalue weighted by Gasteiger charge is -2.33. The molecule has 0 saturated heterocycles. The summed E-state index contributed by atoms with van der Waals surface area (Å²) < 4.78 is 16.3. The van der Waals surface area contributed by atoms with Crippen molar-refractivity contribution in [2.45, 2.75) is 19.4 Å². The van der Waals surface area contributed by atoms with Gasteiger partial charge in [0, 0.05) is 23.2 Å². The van der Waals surface area contributed by atoms with Gasteiger partial charge in [-0.15, -0.1) is 0 Å². The number of hydrogen-bond donors (Lipinski definition) is 1. The standard InChI is InChI=1S/C28H29BrFN5O2/c1-4-25(34(17-16-33(2)3)28(37)31-21-9-7-8-20(30)18-21)26-32-24-11-6-5-10-23(24)27(36)35(26)22-14-12-19(29)13-15-22/h5-15,18,25H,4,16-17H2,1-3H3,(H,31,37). The fourth-order valence-electron chi connectivity index (χ4n) is 4.22. The highest BCUT2D eigenvalue weighted by atomic mass is 79.9. The van der Waals surface area contributed by atoms with E-state index in [1.165, 1.54) is 12.1 Å². The minimum atomic E-state index is -0.533. The van der Waals surface area contributed by atoms with Crippen molar-refractivity contribution >= 4 is 38.6 Å². The van der Waals surface area contributed by atoms with Crippen LogP contribution >= 0.6 is 15.9 Å². The van der Waals surface area contributed by atoms with Crippen molar-refractivity contribution < 1.29 is 9.18 Å². The van der Waals surface area contributed by atoms with Gasteiger partial charge in [-0.2, -0.15) is 0 Å². The van der Waals surface area contributed by atoms with E-state index in [4.69, 9.17) is 4.98 Å². The zero-order valence-electron chi connectivity index (χ0n) is 21.0. The molecule has 0 aliphatic rings. The summed E-state index contributed by atoms with van der Waals surface area (Å²) in [5.41, 5.74) is 1.36. The summed E-state index contributed by atoms with van der Waals surface area (Å²) in [6.45, 7) is 2.91. The van der Waals surface area contributed by atoms with Gasteiger partial charge in [-0.05, 0) is 75.1 Å². The van der Waals surface area contributed by atoms with Crippen LogP contribution in [0.25, 0.3) is 16.6 Å². The van der Waals surface area contributed by atoms with E-state index in [-0.39, 0.29) is 5.56 Å². The van der Waals surface area contributed by atoms with E-state index in [2.05, 4.69) is 21.2 Å². The van der Waals surface area contributed by atoms with Crippen LogP contribution in [0.2, 0.25) is 0 Å². The minimum absolute atomic E-state index is 0.209. The first kappa shape index (κ1) is 26.5. The Hall–Kier alpha value is -3.56. The van der Waals surface area contributed by atoms with Crippen molar-refractivity contribution in [3.8, 4) is 5.69 Å². The van der Waals surface area contributed by atoms with Crippen LogP contribution in [0.4, 0.5) is 14.9 Å². The summed E-state index contributed by atoms with van der Waals surface area (Å²) in [7, 11) is 3.85. The normalized spacial score (nSPS) is 12.1. The lowest BCUT2D eigenvalue weighted by molar-refractivity contribution is 0.173. The number of fused-ring (bicyclic) bond motifs is 1. The van der Waals surface area contributed by atoms with Crippen LogP contribution in [-0.4, -0.2) is 52.6 Å². The molecule has 0 radical (unpaired) electrons. The summed E-state index contributed by atoms with van der Waals surface area (Å²) in [5.74, 6) is 0.0200. The number of aromatic nitrogens is 2. The van der Waals surface area contributed by atoms with E-state index in [0.717, 1.165) is 4.47 Å². The van der Waals surface area contributed by atoms with Crippen LogP contribution in [0.1, 0.15) is 25.2 Å². The van der Waals surface area contributed by atoms with Gasteiger partial charge < -0.3 is 15.1 Å². The van der Waals surface area contributed by atoms with Gasteiger partial charge in [0.2, 0.25) is 0 Å². The highest BCUT2D eigenvalue weighted by molar-refractivity contribution is 9.10. The number of halogens is 2. The van der Waals surface area contributed by atoms with Crippen LogP contribution in [0, 0.1) is 5.82 Å². The van der Waals surface area contributed by atoms with Crippen LogP contribution in [-0.2, 0) is 0 Å². The zero-order valence-corrected chi connectivity index (χ0v) is 22.6. The Balaban J connectivity index is 1.86. The van der Waals surface area contributed by atoms with Gasteiger partial charge in [-0.3, -0.25) is 9.36 Å². The number of hydrogen-bond acceptors (Lipinski definition) is 4. The highest BCUT2D eigenvalue weighted by Crippen LogP contribution is 2.27. The molecule has 1 unspecified atom stereocenters. The van der Waals surface area contributed by atoms with Gasteiger partial charge in [0.15, 0.2) is 0 Å². The summed E-state index contributed by atoms with van der Waals surface area (Å²) in [6, 6.07) is 19.5. The van der Waals surface area contributed by atoms with E-state index >= 15 is 0 Å². The molecule has 0 aliphatic carbocycles. The van der Waals surface area contributed by atoms with E-state index < -0.39 is 17.9 Å². The van der Waals surface area contributed by atoms with Gasteiger partial charge >= 0.3 is 6.03 Å². The maximum absolute atomic E-state index is 13.8. The molecule has 0 fully saturated rings. The predicted octanol–water partition coefficient (Wildman–Crippen LogP) is 5.83. The molecule has 4 rings (SSSR count). The molecule has 0 bridgehead atoms. The maximum Gasteiger partial charge on any atom is 0.322 e. The molecule has 9 heteroatoms. The second-order valence-electron chi connectivity index (χ2n) is 8.97. The van der Waals surface area contributed by atoms with Crippen molar-refractivity contribution in [1.29, 1.82) is 0 Å². The Morgan fingerprint density at radius 1 is 1.05 bits per heavy atom. The number of carbonyl (C=O) groups excluding carboxylic acids is 1. The number of carbonyl (C=O) groups is 1. The molecule has 2 amide bonds. The van der Waals surface area contributed by atoms with E-state index in [0.29, 0.717) is 47.6 Å². The van der Waals surface area contributed by atoms with Crippen LogP contribution < -0.4 is 10.9 Å². The molecule has 0 aliphatic heterocycles. The van der Waals surface area contributed by atoms with Gasteiger partial charge in [0.25, 0.3) is 5.56 Å². The Morgan fingerprint density at radius 2 is 1.78 bits per heavy atom. The van der Waals surface area contributed by atoms with Crippen molar-refractivity contribution in [2.24, 2.45) is 0 Å². The Kier molecular flexibility index (Phi) is 8.35. The molecule has 7 nitrogen and oxygen atoms in total. The maximum atomic E-state index is 13.8. The zero-order chi connectivity index (χ0) is 26.5. The number of nitrogens with zero attached hydrogens (tertiary/aromatic N) is 4. The molecule has 192 valence electrons. The largest absolute Gasteiger partial charge is 0.322 e. The SMILES string of the molecule is CCC(c1nc2ccccc2c(=O)n1-c1ccc(Br)cc1)N(CCN(C)C)C(=O)Nc1cccc(F)c1. The molecular weight excluding hydrogens is 537 g/mol. The highest BCUT2D eigenvalue weighted by Gasteiger charge is 2.29. The fraction of sp³-hybridized carbons (Fsp3) is 0.250. The summed E-state index contributed by atoms with van der Waals surface area (Å²) >= 11 is 3.45. The summed E-state index contributed by atoms with van der Waals surface area (Å²) in [5, 5.41) is 3.31. The minimum Gasteiger partial charge on any atom is -0.313 e. The molecule has 1 N–H and O–H groups in total. The molecule has 1 heterocycles. The van der Waals surface area contributed by atoms with E-state index in [1.54, 1.807) is 33.7 Å². The fourth-order valence-corrected chi connectivity index (χ4v) is 4.49. The molecule has 37 heavy (non-hydrogen) atoms. The van der Waals surface area contributed by atoms with Crippen LogP contribution in [0.3, 0.4) is 0 Å². The van der Waals surface area contributed by atoms with E-state index in [9.17, 15) is 14.0 Å². The number of rotatable bonds is 8. The van der Waals surface area contributed by atoms with Crippen molar-refractivity contribution in [2.75, 3.05) is 32.5 Å². The van der Waals surface area contributed by atoms with E-state index in [1.807, 2.05) is 62.3 Å². The van der Waals surface area contributed by atoms with Gasteiger partial charge in [0.05, 0.1) is 22.6 Å². The lowest BCUT2D eigenvalue weighted by Crippen LogP contribution is -2.43. The van der Waals surface area contributed by atoms with Crippen molar-refractivity contribution in [3.05, 3.63) is 99.3 Å². The summed E-state index contributed by atoms with van der Waals surface area (Å²) in [6.07, 6.45) is 0.505. The molecule has 4 aromatic rings. The molecule has 0 saturated carbocycles. The number of nitrogens with one attached hydrogen (secondary N) is 1. The topological polar surface area (TPSA) is 70.5 Å². The Bertz CT molecular complexity index is 1460. The molecule has 3 aromatic carbocycles. The number of anilines is 1. The third kappa shape index (κ3) is 6.06. The average Bonchev–Trinajstić information content (AvgIpc) is 2.87. The predicted molar refractivity (Wildman–Crippen MR) is 149 cm³/mol. The number of para-hydroxylation sites is 1. The van der Waals surface area contributed by atoms with Crippen LogP contribution in [0.5, 0.6) is 0 Å². The average molecular weight is 566 g/mol. The summed E-state index contributed by atoms with van der Waals surface area (Å²) in [4.78, 5) is 35.9. The van der Waals surface area contributed by atoms with Crippen molar-refractivity contribution in [1.82, 2.24) is 19.4 Å². The monoisotopic (exact) mass is 565 g/mol. The van der Waals surface area contributed by atoms with Gasteiger partial charge in [-0.1, -0.05) is 41.1 Å². The molecule has 0 spiro atoms. The van der Waals surface area contributed by atoms with Gasteiger partial charge in [0.1, 0.15) is 11.6 Å². The second-order valence-corrected chi connectivity index (χ2v) is 9.88. The third-order valence-corrected chi connectivity index (χ3v) is 6.60.